The SMILES string of the molecule is O=C(C[C@H]1CN(C(=O)c2cc3cc(Cl)ccc3o2)CC[C@@H]1Oc1cccc(Br)c1)N1CCCCC1. The highest BCUT2D eigenvalue weighted by atomic mass is 79.9. The highest BCUT2D eigenvalue weighted by molar-refractivity contribution is 9.10. The van der Waals surface area contributed by atoms with Crippen LogP contribution in [0.5, 0.6) is 5.75 Å². The van der Waals surface area contributed by atoms with Gasteiger partial charge < -0.3 is 19.0 Å². The third-order valence-electron chi connectivity index (χ3n) is 6.87. The summed E-state index contributed by atoms with van der Waals surface area (Å²) in [6.45, 7) is 2.60. The minimum absolute atomic E-state index is 0.111. The van der Waals surface area contributed by atoms with E-state index in [1.807, 2.05) is 29.2 Å². The van der Waals surface area contributed by atoms with Gasteiger partial charge in [0.1, 0.15) is 17.4 Å². The molecule has 5 rings (SSSR count). The largest absolute Gasteiger partial charge is 0.490 e. The van der Waals surface area contributed by atoms with Crippen LogP contribution in [-0.2, 0) is 4.79 Å². The van der Waals surface area contributed by atoms with Crippen molar-refractivity contribution < 1.29 is 18.7 Å². The van der Waals surface area contributed by atoms with Crippen molar-refractivity contribution in [3.05, 3.63) is 63.8 Å². The van der Waals surface area contributed by atoms with Crippen molar-refractivity contribution in [2.24, 2.45) is 5.92 Å². The predicted octanol–water partition coefficient (Wildman–Crippen LogP) is 6.16. The van der Waals surface area contributed by atoms with Gasteiger partial charge in [-0.1, -0.05) is 33.6 Å². The minimum atomic E-state index is -0.173. The van der Waals surface area contributed by atoms with Crippen molar-refractivity contribution in [1.82, 2.24) is 9.80 Å². The van der Waals surface area contributed by atoms with Gasteiger partial charge in [0, 0.05) is 59.8 Å². The number of carbonyl (C=O) groups is 2. The molecule has 35 heavy (non-hydrogen) atoms. The number of amides is 2. The molecule has 8 heteroatoms. The van der Waals surface area contributed by atoms with Crippen molar-refractivity contribution in [2.45, 2.75) is 38.2 Å². The molecule has 3 aromatic rings. The topological polar surface area (TPSA) is 63.0 Å². The summed E-state index contributed by atoms with van der Waals surface area (Å²) in [6.07, 6.45) is 4.12. The molecule has 184 valence electrons. The van der Waals surface area contributed by atoms with E-state index in [1.54, 1.807) is 29.2 Å². The number of nitrogens with zero attached hydrogens (tertiary/aromatic N) is 2. The quantitative estimate of drug-likeness (QED) is 0.376. The fourth-order valence-electron chi connectivity index (χ4n) is 5.03. The van der Waals surface area contributed by atoms with E-state index in [2.05, 4.69) is 15.9 Å². The van der Waals surface area contributed by atoms with Gasteiger partial charge in [-0.05, 0) is 61.7 Å². The molecule has 2 aliphatic rings. The Hall–Kier alpha value is -2.51. The average molecular weight is 560 g/mol. The molecular weight excluding hydrogens is 532 g/mol. The first-order chi connectivity index (χ1) is 17.0. The lowest BCUT2D eigenvalue weighted by molar-refractivity contribution is -0.134. The Bertz CT molecular complexity index is 1220. The van der Waals surface area contributed by atoms with Gasteiger partial charge in [0.25, 0.3) is 5.91 Å². The third-order valence-corrected chi connectivity index (χ3v) is 7.60. The van der Waals surface area contributed by atoms with Gasteiger partial charge in [-0.3, -0.25) is 9.59 Å². The normalized spacial score (nSPS) is 20.7. The van der Waals surface area contributed by atoms with Gasteiger partial charge in [-0.15, -0.1) is 0 Å². The maximum Gasteiger partial charge on any atom is 0.289 e. The van der Waals surface area contributed by atoms with E-state index in [9.17, 15) is 9.59 Å². The molecule has 6 nitrogen and oxygen atoms in total. The highest BCUT2D eigenvalue weighted by Gasteiger charge is 2.36. The molecule has 0 spiro atoms. The fourth-order valence-corrected chi connectivity index (χ4v) is 5.59. The molecule has 2 amide bonds. The summed E-state index contributed by atoms with van der Waals surface area (Å²) >= 11 is 9.59. The third kappa shape index (κ3) is 5.67. The van der Waals surface area contributed by atoms with Crippen LogP contribution in [-0.4, -0.2) is 53.9 Å². The van der Waals surface area contributed by atoms with Crippen LogP contribution < -0.4 is 4.74 Å². The zero-order valence-corrected chi connectivity index (χ0v) is 21.8. The molecule has 2 atom stereocenters. The Morgan fingerprint density at radius 1 is 1.03 bits per heavy atom. The Labute approximate surface area is 218 Å². The molecule has 0 radical (unpaired) electrons. The molecule has 0 saturated carbocycles. The van der Waals surface area contributed by atoms with Crippen LogP contribution in [0.2, 0.25) is 5.02 Å². The summed E-state index contributed by atoms with van der Waals surface area (Å²) < 4.78 is 13.1. The molecular formula is C27H28BrClN2O4. The van der Waals surface area contributed by atoms with Crippen LogP contribution in [0, 0.1) is 5.92 Å². The van der Waals surface area contributed by atoms with E-state index in [1.165, 1.54) is 6.42 Å². The van der Waals surface area contributed by atoms with Gasteiger partial charge in [-0.25, -0.2) is 0 Å². The summed E-state index contributed by atoms with van der Waals surface area (Å²) in [5.41, 5.74) is 0.627. The smallest absolute Gasteiger partial charge is 0.289 e. The lowest BCUT2D eigenvalue weighted by Gasteiger charge is -2.39. The maximum atomic E-state index is 13.4. The van der Waals surface area contributed by atoms with Gasteiger partial charge in [-0.2, -0.15) is 0 Å². The number of carbonyl (C=O) groups excluding carboxylic acids is 2. The first kappa shape index (κ1) is 24.2. The summed E-state index contributed by atoms with van der Waals surface area (Å²) in [6, 6.07) is 14.8. The first-order valence-corrected chi connectivity index (χ1v) is 13.3. The maximum absolute atomic E-state index is 13.4. The molecule has 0 aliphatic carbocycles. The van der Waals surface area contributed by atoms with Crippen molar-refractivity contribution in [1.29, 1.82) is 0 Å². The standard InChI is InChI=1S/C27H28BrClN2O4/c28-20-5-4-6-22(16-20)34-24-9-12-31(17-19(24)15-26(32)30-10-2-1-3-11-30)27(33)25-14-18-13-21(29)7-8-23(18)35-25/h4-8,13-14,16,19,24H,1-3,9-12,15,17H2/t19-,24-/m0/s1. The average Bonchev–Trinajstić information content (AvgIpc) is 3.28. The Morgan fingerprint density at radius 3 is 2.66 bits per heavy atom. The Morgan fingerprint density at radius 2 is 1.86 bits per heavy atom. The number of ether oxygens (including phenoxy) is 1. The summed E-state index contributed by atoms with van der Waals surface area (Å²) in [5, 5.41) is 1.39. The molecule has 1 aromatic heterocycles. The Kier molecular flexibility index (Phi) is 7.35. The lowest BCUT2D eigenvalue weighted by Crippen LogP contribution is -2.49. The summed E-state index contributed by atoms with van der Waals surface area (Å²) in [5.74, 6) is 0.905. The lowest BCUT2D eigenvalue weighted by atomic mass is 9.90. The van der Waals surface area contributed by atoms with Crippen LogP contribution in [0.1, 0.15) is 42.7 Å². The van der Waals surface area contributed by atoms with Gasteiger partial charge in [0.05, 0.1) is 0 Å². The second-order valence-electron chi connectivity index (χ2n) is 9.35. The second kappa shape index (κ2) is 10.6. The van der Waals surface area contributed by atoms with E-state index >= 15 is 0 Å². The van der Waals surface area contributed by atoms with Crippen LogP contribution in [0.15, 0.2) is 57.4 Å². The molecule has 2 aliphatic heterocycles. The highest BCUT2D eigenvalue weighted by Crippen LogP contribution is 2.30. The molecule has 2 aromatic carbocycles. The molecule has 0 unspecified atom stereocenters. The number of hydrogen-bond acceptors (Lipinski definition) is 4. The zero-order valence-electron chi connectivity index (χ0n) is 19.4. The summed E-state index contributed by atoms with van der Waals surface area (Å²) in [7, 11) is 0. The summed E-state index contributed by atoms with van der Waals surface area (Å²) in [4.78, 5) is 30.2. The minimum Gasteiger partial charge on any atom is -0.490 e. The van der Waals surface area contributed by atoms with E-state index in [0.29, 0.717) is 36.5 Å². The fraction of sp³-hybridized carbons (Fsp3) is 0.407. The van der Waals surface area contributed by atoms with Crippen molar-refractivity contribution in [3.63, 3.8) is 0 Å². The molecule has 2 fully saturated rings. The van der Waals surface area contributed by atoms with E-state index in [-0.39, 0.29) is 29.6 Å². The van der Waals surface area contributed by atoms with Crippen LogP contribution in [0.25, 0.3) is 11.0 Å². The number of fused-ring (bicyclic) bond motifs is 1. The van der Waals surface area contributed by atoms with E-state index in [4.69, 9.17) is 20.8 Å². The number of hydrogen-bond donors (Lipinski definition) is 0. The molecule has 0 bridgehead atoms. The number of piperidine rings is 2. The molecule has 3 heterocycles. The van der Waals surface area contributed by atoms with Crippen LogP contribution >= 0.6 is 27.5 Å². The van der Waals surface area contributed by atoms with Gasteiger partial charge in [0.15, 0.2) is 5.76 Å². The number of rotatable bonds is 5. The van der Waals surface area contributed by atoms with Gasteiger partial charge in [0.2, 0.25) is 5.91 Å². The zero-order chi connectivity index (χ0) is 24.4. The van der Waals surface area contributed by atoms with Crippen molar-refractivity contribution in [2.75, 3.05) is 26.2 Å². The van der Waals surface area contributed by atoms with Crippen LogP contribution in [0.4, 0.5) is 0 Å². The van der Waals surface area contributed by atoms with E-state index < -0.39 is 0 Å². The second-order valence-corrected chi connectivity index (χ2v) is 10.7. The predicted molar refractivity (Wildman–Crippen MR) is 139 cm³/mol. The number of likely N-dealkylation sites (tertiary alicyclic amines) is 2. The number of furan rings is 1. The molecule has 0 N–H and O–H groups in total. The number of halogens is 2. The van der Waals surface area contributed by atoms with E-state index in [0.717, 1.165) is 41.5 Å². The Balaban J connectivity index is 1.34. The first-order valence-electron chi connectivity index (χ1n) is 12.1. The monoisotopic (exact) mass is 558 g/mol. The number of benzene rings is 2. The van der Waals surface area contributed by atoms with Gasteiger partial charge >= 0.3 is 0 Å². The van der Waals surface area contributed by atoms with Crippen molar-refractivity contribution >= 4 is 50.3 Å². The van der Waals surface area contributed by atoms with Crippen LogP contribution in [0.3, 0.4) is 0 Å². The van der Waals surface area contributed by atoms with Crippen molar-refractivity contribution in [3.8, 4) is 5.75 Å². The molecule has 2 saturated heterocycles.